The second-order valence-electron chi connectivity index (χ2n) is 4.24. The van der Waals surface area contributed by atoms with Crippen LogP contribution < -0.4 is 15.6 Å². The van der Waals surface area contributed by atoms with Crippen molar-refractivity contribution in [2.75, 3.05) is 11.1 Å². The zero-order valence-corrected chi connectivity index (χ0v) is 10.6. The SMILES string of the molecule is Nc1ccc[n+](CC(=O)Nc2ccc(C(=O)O)cc2)c1. The minimum Gasteiger partial charge on any atom is -0.478 e. The van der Waals surface area contributed by atoms with Crippen LogP contribution in [-0.2, 0) is 11.3 Å². The largest absolute Gasteiger partial charge is 0.478 e. The van der Waals surface area contributed by atoms with E-state index in [0.29, 0.717) is 11.4 Å². The first kappa shape index (κ1) is 13.5. The maximum absolute atomic E-state index is 11.8. The minimum atomic E-state index is -1.00. The highest BCUT2D eigenvalue weighted by Crippen LogP contribution is 2.09. The Hall–Kier alpha value is -2.89. The first-order chi connectivity index (χ1) is 9.54. The molecule has 1 heterocycles. The maximum Gasteiger partial charge on any atom is 0.335 e. The number of hydrogen-bond acceptors (Lipinski definition) is 3. The fraction of sp³-hybridized carbons (Fsp3) is 0.0714. The van der Waals surface area contributed by atoms with E-state index < -0.39 is 5.97 Å². The molecular formula is C14H14N3O3+. The molecule has 20 heavy (non-hydrogen) atoms. The number of amides is 1. The van der Waals surface area contributed by atoms with Gasteiger partial charge >= 0.3 is 5.97 Å². The van der Waals surface area contributed by atoms with Crippen LogP contribution in [0.1, 0.15) is 10.4 Å². The number of nitrogens with zero attached hydrogens (tertiary/aromatic N) is 1. The predicted octanol–water partition coefficient (Wildman–Crippen LogP) is 0.893. The molecule has 102 valence electrons. The fourth-order valence-corrected chi connectivity index (χ4v) is 1.70. The van der Waals surface area contributed by atoms with Crippen molar-refractivity contribution in [1.82, 2.24) is 0 Å². The van der Waals surface area contributed by atoms with Gasteiger partial charge in [0.05, 0.1) is 11.3 Å². The van der Waals surface area contributed by atoms with Crippen molar-refractivity contribution in [3.8, 4) is 0 Å². The van der Waals surface area contributed by atoms with Crippen LogP contribution in [0.4, 0.5) is 11.4 Å². The zero-order chi connectivity index (χ0) is 14.5. The number of carbonyl (C=O) groups is 2. The molecule has 1 aromatic carbocycles. The van der Waals surface area contributed by atoms with Gasteiger partial charge in [-0.05, 0) is 30.3 Å². The highest BCUT2D eigenvalue weighted by molar-refractivity contribution is 5.91. The van der Waals surface area contributed by atoms with Gasteiger partial charge in [-0.1, -0.05) is 0 Å². The lowest BCUT2D eigenvalue weighted by molar-refractivity contribution is -0.683. The molecule has 2 aromatic rings. The van der Waals surface area contributed by atoms with Crippen LogP contribution >= 0.6 is 0 Å². The summed E-state index contributed by atoms with van der Waals surface area (Å²) in [5.41, 5.74) is 6.92. The third-order valence-corrected chi connectivity index (χ3v) is 2.62. The monoisotopic (exact) mass is 272 g/mol. The van der Waals surface area contributed by atoms with Gasteiger partial charge in [0, 0.05) is 11.8 Å². The number of nitrogen functional groups attached to an aromatic ring is 1. The number of nitrogens with one attached hydrogen (secondary N) is 1. The van der Waals surface area contributed by atoms with Crippen molar-refractivity contribution in [2.45, 2.75) is 6.54 Å². The number of aromatic nitrogens is 1. The van der Waals surface area contributed by atoms with Crippen molar-refractivity contribution >= 4 is 23.3 Å². The molecule has 0 bridgehead atoms. The lowest BCUT2D eigenvalue weighted by atomic mass is 10.2. The third kappa shape index (κ3) is 3.55. The number of benzene rings is 1. The van der Waals surface area contributed by atoms with Gasteiger partial charge in [-0.25, -0.2) is 4.79 Å². The van der Waals surface area contributed by atoms with E-state index in [1.54, 1.807) is 41.2 Å². The molecule has 4 N–H and O–H groups in total. The zero-order valence-electron chi connectivity index (χ0n) is 10.6. The number of pyridine rings is 1. The van der Waals surface area contributed by atoms with Crippen LogP contribution in [0.15, 0.2) is 48.8 Å². The van der Waals surface area contributed by atoms with Crippen LogP contribution in [0.3, 0.4) is 0 Å². The molecule has 1 amide bonds. The van der Waals surface area contributed by atoms with Gasteiger partial charge in [0.1, 0.15) is 0 Å². The predicted molar refractivity (Wildman–Crippen MR) is 73.1 cm³/mol. The summed E-state index contributed by atoms with van der Waals surface area (Å²) in [6.45, 7) is 0.131. The first-order valence-electron chi connectivity index (χ1n) is 5.92. The number of aromatic carboxylic acids is 1. The second-order valence-corrected chi connectivity index (χ2v) is 4.24. The molecule has 2 rings (SSSR count). The van der Waals surface area contributed by atoms with E-state index in [-0.39, 0.29) is 18.0 Å². The van der Waals surface area contributed by atoms with Crippen molar-refractivity contribution < 1.29 is 19.3 Å². The molecule has 0 unspecified atom stereocenters. The molecule has 6 heteroatoms. The summed E-state index contributed by atoms with van der Waals surface area (Å²) >= 11 is 0. The van der Waals surface area contributed by atoms with Gasteiger partial charge < -0.3 is 16.2 Å². The van der Waals surface area contributed by atoms with E-state index in [0.717, 1.165) is 0 Å². The Morgan fingerprint density at radius 3 is 2.50 bits per heavy atom. The van der Waals surface area contributed by atoms with E-state index in [4.69, 9.17) is 10.8 Å². The Bertz CT molecular complexity index is 638. The molecule has 0 radical (unpaired) electrons. The van der Waals surface area contributed by atoms with Crippen molar-refractivity contribution in [3.05, 3.63) is 54.4 Å². The number of nitrogens with two attached hydrogens (primary N) is 1. The summed E-state index contributed by atoms with van der Waals surface area (Å²) in [5.74, 6) is -1.22. The molecule has 0 atom stereocenters. The van der Waals surface area contributed by atoms with Crippen LogP contribution in [0, 0.1) is 0 Å². The molecule has 1 aromatic heterocycles. The summed E-state index contributed by atoms with van der Waals surface area (Å²) in [6.07, 6.45) is 3.40. The van der Waals surface area contributed by atoms with Gasteiger partial charge in [0.25, 0.3) is 5.91 Å². The maximum atomic E-state index is 11.8. The highest BCUT2D eigenvalue weighted by Gasteiger charge is 2.10. The summed E-state index contributed by atoms with van der Waals surface area (Å²) in [6, 6.07) is 9.46. The highest BCUT2D eigenvalue weighted by atomic mass is 16.4. The van der Waals surface area contributed by atoms with Crippen molar-refractivity contribution in [1.29, 1.82) is 0 Å². The topological polar surface area (TPSA) is 96.3 Å². The normalized spacial score (nSPS) is 10.0. The van der Waals surface area contributed by atoms with Crippen LogP contribution in [0.5, 0.6) is 0 Å². The van der Waals surface area contributed by atoms with Crippen LogP contribution in [-0.4, -0.2) is 17.0 Å². The molecule has 0 fully saturated rings. The number of rotatable bonds is 4. The minimum absolute atomic E-state index is 0.131. The van der Waals surface area contributed by atoms with Gasteiger partial charge in [-0.3, -0.25) is 4.79 Å². The van der Waals surface area contributed by atoms with E-state index in [2.05, 4.69) is 5.32 Å². The van der Waals surface area contributed by atoms with E-state index in [9.17, 15) is 9.59 Å². The Morgan fingerprint density at radius 2 is 1.90 bits per heavy atom. The van der Waals surface area contributed by atoms with Gasteiger partial charge in [0.2, 0.25) is 6.54 Å². The lowest BCUT2D eigenvalue weighted by Gasteiger charge is -2.03. The molecular weight excluding hydrogens is 258 g/mol. The summed E-state index contributed by atoms with van der Waals surface area (Å²) < 4.78 is 1.66. The quantitative estimate of drug-likeness (QED) is 0.720. The number of anilines is 2. The Labute approximate surface area is 115 Å². The van der Waals surface area contributed by atoms with Crippen molar-refractivity contribution in [3.63, 3.8) is 0 Å². The smallest absolute Gasteiger partial charge is 0.335 e. The van der Waals surface area contributed by atoms with E-state index >= 15 is 0 Å². The van der Waals surface area contributed by atoms with Crippen LogP contribution in [0.25, 0.3) is 0 Å². The summed E-state index contributed by atoms with van der Waals surface area (Å²) in [4.78, 5) is 22.5. The fourth-order valence-electron chi connectivity index (χ4n) is 1.70. The molecule has 0 saturated carbocycles. The lowest BCUT2D eigenvalue weighted by Crippen LogP contribution is -2.39. The first-order valence-corrected chi connectivity index (χ1v) is 5.92. The molecule has 0 saturated heterocycles. The van der Waals surface area contributed by atoms with Gasteiger partial charge in [-0.2, -0.15) is 4.57 Å². The Kier molecular flexibility index (Phi) is 3.95. The number of hydrogen-bond donors (Lipinski definition) is 3. The number of carbonyl (C=O) groups excluding carboxylic acids is 1. The summed E-state index contributed by atoms with van der Waals surface area (Å²) in [5, 5.41) is 11.5. The summed E-state index contributed by atoms with van der Waals surface area (Å²) in [7, 11) is 0. The van der Waals surface area contributed by atoms with Crippen molar-refractivity contribution in [2.24, 2.45) is 0 Å². The van der Waals surface area contributed by atoms with E-state index in [1.165, 1.54) is 12.1 Å². The number of carboxylic acids is 1. The molecule has 0 spiro atoms. The average molecular weight is 272 g/mol. The molecule has 0 aliphatic heterocycles. The van der Waals surface area contributed by atoms with Crippen LogP contribution in [0.2, 0.25) is 0 Å². The molecule has 6 nitrogen and oxygen atoms in total. The second kappa shape index (κ2) is 5.83. The Balaban J connectivity index is 1.99. The molecule has 0 aliphatic carbocycles. The molecule has 0 aliphatic rings. The Morgan fingerprint density at radius 1 is 1.20 bits per heavy atom. The average Bonchev–Trinajstić information content (AvgIpc) is 2.39. The van der Waals surface area contributed by atoms with Gasteiger partial charge in [0.15, 0.2) is 12.4 Å². The standard InChI is InChI=1S/C14H13N3O3/c15-11-2-1-7-17(8-11)9-13(18)16-12-5-3-10(4-6-12)14(19)20/h1-8H,9,15H2,(H-,16,18,19,20)/p+1. The van der Waals surface area contributed by atoms with Gasteiger partial charge in [-0.15, -0.1) is 0 Å². The number of carboxylic acid groups (broad SMARTS) is 1. The third-order valence-electron chi connectivity index (χ3n) is 2.62. The van der Waals surface area contributed by atoms with E-state index in [1.807, 2.05) is 0 Å².